The molecule has 6 heteroatoms. The first-order valence-corrected chi connectivity index (χ1v) is 13.5. The monoisotopic (exact) mass is 470 g/mol. The molecule has 1 aromatic carbocycles. The van der Waals surface area contributed by atoms with Gasteiger partial charge in [0.15, 0.2) is 5.13 Å². The average Bonchev–Trinajstić information content (AvgIpc) is 3.30. The van der Waals surface area contributed by atoms with Crippen LogP contribution in [0.5, 0.6) is 0 Å². The number of unbranched alkanes of at least 4 members (excludes halogenated alkanes) is 1. The molecule has 4 rings (SSSR count). The normalized spacial score (nSPS) is 21.1. The lowest BCUT2D eigenvalue weighted by Gasteiger charge is -2.42. The van der Waals surface area contributed by atoms with Crippen molar-refractivity contribution in [3.05, 3.63) is 34.7 Å². The van der Waals surface area contributed by atoms with E-state index in [1.165, 1.54) is 29.5 Å². The first-order valence-electron chi connectivity index (χ1n) is 12.6. The van der Waals surface area contributed by atoms with Crippen molar-refractivity contribution in [2.24, 2.45) is 5.73 Å². The Hall–Kier alpha value is -1.47. The van der Waals surface area contributed by atoms with Crippen molar-refractivity contribution in [3.63, 3.8) is 0 Å². The fourth-order valence-electron chi connectivity index (χ4n) is 5.29. The van der Waals surface area contributed by atoms with Gasteiger partial charge in [-0.05, 0) is 60.3 Å². The first-order chi connectivity index (χ1) is 15.7. The average molecular weight is 471 g/mol. The molecular formula is C27H42N4OS. The highest BCUT2D eigenvalue weighted by atomic mass is 32.1. The Morgan fingerprint density at radius 1 is 1.03 bits per heavy atom. The van der Waals surface area contributed by atoms with Gasteiger partial charge in [-0.25, -0.2) is 4.98 Å². The van der Waals surface area contributed by atoms with Gasteiger partial charge in [0.25, 0.3) is 0 Å². The number of thiazole rings is 1. The summed E-state index contributed by atoms with van der Waals surface area (Å²) in [4.78, 5) is 10.0. The quantitative estimate of drug-likeness (QED) is 0.544. The summed E-state index contributed by atoms with van der Waals surface area (Å²) in [5, 5.41) is 12.4. The third-order valence-electron chi connectivity index (χ3n) is 7.82. The SMILES string of the molecule is CC1(C)CCC(C)(C)c2cc(-c3csc(N4CCN(CCCC[C@@H](N)CO)CC4)n3)ccc21. The van der Waals surface area contributed by atoms with Crippen molar-refractivity contribution in [2.45, 2.75) is 76.7 Å². The highest BCUT2D eigenvalue weighted by Crippen LogP contribution is 2.46. The van der Waals surface area contributed by atoms with E-state index >= 15 is 0 Å². The second-order valence-electron chi connectivity index (χ2n) is 11.3. The Labute approximate surface area is 204 Å². The summed E-state index contributed by atoms with van der Waals surface area (Å²) in [6.07, 6.45) is 5.63. The highest BCUT2D eigenvalue weighted by Gasteiger charge is 2.37. The van der Waals surface area contributed by atoms with Crippen molar-refractivity contribution in [1.82, 2.24) is 9.88 Å². The summed E-state index contributed by atoms with van der Waals surface area (Å²) in [7, 11) is 0. The van der Waals surface area contributed by atoms with E-state index < -0.39 is 0 Å². The zero-order valence-electron chi connectivity index (χ0n) is 20.9. The molecule has 0 spiro atoms. The molecule has 1 saturated heterocycles. The van der Waals surface area contributed by atoms with Crippen LogP contribution in [-0.2, 0) is 10.8 Å². The van der Waals surface area contributed by atoms with Crippen LogP contribution in [0.4, 0.5) is 5.13 Å². The maximum Gasteiger partial charge on any atom is 0.185 e. The summed E-state index contributed by atoms with van der Waals surface area (Å²) in [5.41, 5.74) is 11.6. The molecule has 5 nitrogen and oxygen atoms in total. The van der Waals surface area contributed by atoms with Crippen molar-refractivity contribution in [3.8, 4) is 11.3 Å². The first kappa shape index (κ1) is 24.6. The molecule has 0 radical (unpaired) electrons. The van der Waals surface area contributed by atoms with E-state index in [9.17, 15) is 0 Å². The molecular weight excluding hydrogens is 428 g/mol. The zero-order valence-corrected chi connectivity index (χ0v) is 21.8. The molecule has 0 bridgehead atoms. The third kappa shape index (κ3) is 5.61. The number of fused-ring (bicyclic) bond motifs is 1. The minimum absolute atomic E-state index is 0.0615. The molecule has 1 aliphatic heterocycles. The van der Waals surface area contributed by atoms with E-state index in [2.05, 4.69) is 61.1 Å². The van der Waals surface area contributed by atoms with E-state index in [4.69, 9.17) is 15.8 Å². The van der Waals surface area contributed by atoms with Gasteiger partial charge >= 0.3 is 0 Å². The Balaban J connectivity index is 1.37. The van der Waals surface area contributed by atoms with Crippen molar-refractivity contribution in [1.29, 1.82) is 0 Å². The van der Waals surface area contributed by atoms with Crippen LogP contribution in [0, 0.1) is 0 Å². The standard InChI is InChI=1S/C27H42N4OS/c1-26(2)10-11-27(3,4)23-17-20(8-9-22(23)26)24-19-33-25(29-24)31-15-13-30(14-16-31)12-6-5-7-21(28)18-32/h8-9,17,19,21,32H,5-7,10-16,18,28H2,1-4H3/t21-/m1/s1. The number of aliphatic hydroxyl groups excluding tert-OH is 1. The van der Waals surface area contributed by atoms with Gasteiger partial charge in [0, 0.05) is 43.2 Å². The molecule has 2 heterocycles. The lowest BCUT2D eigenvalue weighted by atomic mass is 9.63. The van der Waals surface area contributed by atoms with Crippen LogP contribution >= 0.6 is 11.3 Å². The summed E-state index contributed by atoms with van der Waals surface area (Å²) in [6.45, 7) is 15.0. The zero-order chi connectivity index (χ0) is 23.6. The Bertz CT molecular complexity index is 930. The van der Waals surface area contributed by atoms with Gasteiger partial charge < -0.3 is 15.7 Å². The molecule has 1 atom stereocenters. The highest BCUT2D eigenvalue weighted by molar-refractivity contribution is 7.14. The molecule has 182 valence electrons. The van der Waals surface area contributed by atoms with Gasteiger partial charge in [-0.2, -0.15) is 0 Å². The molecule has 2 aliphatic rings. The van der Waals surface area contributed by atoms with E-state index in [-0.39, 0.29) is 23.5 Å². The van der Waals surface area contributed by atoms with Gasteiger partial charge in [-0.3, -0.25) is 4.90 Å². The molecule has 0 unspecified atom stereocenters. The fraction of sp³-hybridized carbons (Fsp3) is 0.667. The molecule has 0 saturated carbocycles. The van der Waals surface area contributed by atoms with Gasteiger partial charge in [0.2, 0.25) is 0 Å². The van der Waals surface area contributed by atoms with E-state index in [1.807, 2.05) is 0 Å². The van der Waals surface area contributed by atoms with Gasteiger partial charge in [0.05, 0.1) is 12.3 Å². The summed E-state index contributed by atoms with van der Waals surface area (Å²) in [5.74, 6) is 0. The minimum Gasteiger partial charge on any atom is -0.395 e. The van der Waals surface area contributed by atoms with Crippen molar-refractivity contribution in [2.75, 3.05) is 44.2 Å². The van der Waals surface area contributed by atoms with E-state index in [1.54, 1.807) is 11.3 Å². The molecule has 33 heavy (non-hydrogen) atoms. The van der Waals surface area contributed by atoms with Crippen LogP contribution in [0.1, 0.15) is 70.9 Å². The number of nitrogens with zero attached hydrogens (tertiary/aromatic N) is 3. The van der Waals surface area contributed by atoms with Gasteiger partial charge in [0.1, 0.15) is 0 Å². The largest absolute Gasteiger partial charge is 0.395 e. The molecule has 1 aromatic heterocycles. The number of anilines is 1. The number of aromatic nitrogens is 1. The third-order valence-corrected chi connectivity index (χ3v) is 8.72. The van der Waals surface area contributed by atoms with Crippen LogP contribution in [0.15, 0.2) is 23.6 Å². The van der Waals surface area contributed by atoms with E-state index in [0.717, 1.165) is 62.8 Å². The molecule has 1 fully saturated rings. The van der Waals surface area contributed by atoms with Crippen LogP contribution in [0.25, 0.3) is 11.3 Å². The number of piperazine rings is 1. The summed E-state index contributed by atoms with van der Waals surface area (Å²) in [6, 6.07) is 6.99. The molecule has 2 aromatic rings. The Morgan fingerprint density at radius 2 is 1.73 bits per heavy atom. The van der Waals surface area contributed by atoms with Crippen LogP contribution in [-0.4, -0.2) is 60.4 Å². The topological polar surface area (TPSA) is 65.6 Å². The van der Waals surface area contributed by atoms with E-state index in [0.29, 0.717) is 0 Å². The number of hydrogen-bond acceptors (Lipinski definition) is 6. The summed E-state index contributed by atoms with van der Waals surface area (Å²) >= 11 is 1.78. The lowest BCUT2D eigenvalue weighted by molar-refractivity contribution is 0.239. The predicted octanol–water partition coefficient (Wildman–Crippen LogP) is 4.77. The lowest BCUT2D eigenvalue weighted by Crippen LogP contribution is -2.46. The smallest absolute Gasteiger partial charge is 0.185 e. The fourth-order valence-corrected chi connectivity index (χ4v) is 6.17. The summed E-state index contributed by atoms with van der Waals surface area (Å²) < 4.78 is 0. The second-order valence-corrected chi connectivity index (χ2v) is 12.1. The Morgan fingerprint density at radius 3 is 2.42 bits per heavy atom. The van der Waals surface area contributed by atoms with Crippen molar-refractivity contribution < 1.29 is 5.11 Å². The number of benzene rings is 1. The minimum atomic E-state index is -0.0615. The van der Waals surface area contributed by atoms with Gasteiger partial charge in [-0.1, -0.05) is 46.2 Å². The number of nitrogens with two attached hydrogens (primary N) is 1. The van der Waals surface area contributed by atoms with Gasteiger partial charge in [-0.15, -0.1) is 11.3 Å². The molecule has 3 N–H and O–H groups in total. The van der Waals surface area contributed by atoms with Crippen LogP contribution < -0.4 is 10.6 Å². The number of hydrogen-bond donors (Lipinski definition) is 2. The predicted molar refractivity (Wildman–Crippen MR) is 140 cm³/mol. The number of aliphatic hydroxyl groups is 1. The van der Waals surface area contributed by atoms with Crippen LogP contribution in [0.2, 0.25) is 0 Å². The second kappa shape index (κ2) is 10.0. The molecule has 0 amide bonds. The van der Waals surface area contributed by atoms with Crippen LogP contribution in [0.3, 0.4) is 0 Å². The maximum absolute atomic E-state index is 9.04. The molecule has 1 aliphatic carbocycles. The number of rotatable bonds is 8. The maximum atomic E-state index is 9.04. The van der Waals surface area contributed by atoms with Crippen molar-refractivity contribution >= 4 is 16.5 Å². The Kier molecular flexibility index (Phi) is 7.49.